The molecule has 2 aromatic rings. The summed E-state index contributed by atoms with van der Waals surface area (Å²) in [6.45, 7) is 1.84. The second-order valence-corrected chi connectivity index (χ2v) is 7.21. The van der Waals surface area contributed by atoms with Crippen molar-refractivity contribution in [2.45, 2.75) is 12.5 Å². The molecular weight excluding hydrogens is 428 g/mol. The Morgan fingerprint density at radius 3 is 2.64 bits per heavy atom. The van der Waals surface area contributed by atoms with Crippen molar-refractivity contribution in [1.29, 1.82) is 0 Å². The van der Waals surface area contributed by atoms with Crippen molar-refractivity contribution in [3.63, 3.8) is 0 Å². The van der Waals surface area contributed by atoms with Gasteiger partial charge in [0, 0.05) is 10.0 Å². The lowest BCUT2D eigenvalue weighted by atomic mass is 9.92. The molecule has 1 aliphatic rings. The SMILES string of the molecule is COC(=O)c1cccc(OCCN2C(=O)NC(C)(c3ccccc3Br)C2=O)c1. The average Bonchev–Trinajstić information content (AvgIpc) is 2.91. The van der Waals surface area contributed by atoms with Crippen LogP contribution in [-0.4, -0.2) is 43.1 Å². The monoisotopic (exact) mass is 446 g/mol. The third-order valence-corrected chi connectivity index (χ3v) is 5.22. The van der Waals surface area contributed by atoms with E-state index in [2.05, 4.69) is 26.0 Å². The topological polar surface area (TPSA) is 84.9 Å². The fourth-order valence-corrected chi connectivity index (χ4v) is 3.72. The Hall–Kier alpha value is -2.87. The minimum absolute atomic E-state index is 0.0765. The summed E-state index contributed by atoms with van der Waals surface area (Å²) in [6.07, 6.45) is 0. The number of urea groups is 1. The van der Waals surface area contributed by atoms with Crippen LogP contribution >= 0.6 is 15.9 Å². The van der Waals surface area contributed by atoms with E-state index in [9.17, 15) is 14.4 Å². The van der Waals surface area contributed by atoms with Crippen molar-refractivity contribution in [2.24, 2.45) is 0 Å². The van der Waals surface area contributed by atoms with Crippen LogP contribution in [0.15, 0.2) is 53.0 Å². The molecule has 0 bridgehead atoms. The fourth-order valence-electron chi connectivity index (χ4n) is 3.03. The number of amides is 3. The van der Waals surface area contributed by atoms with Crippen LogP contribution in [0.5, 0.6) is 5.75 Å². The first-order valence-corrected chi connectivity index (χ1v) is 9.36. The Bertz CT molecular complexity index is 932. The maximum atomic E-state index is 12.9. The predicted octanol–water partition coefficient (Wildman–Crippen LogP) is 3.08. The molecule has 146 valence electrons. The van der Waals surface area contributed by atoms with E-state index < -0.39 is 17.5 Å². The zero-order valence-corrected chi connectivity index (χ0v) is 17.0. The molecule has 3 amide bonds. The molecule has 8 heteroatoms. The number of carbonyl (C=O) groups is 3. The predicted molar refractivity (Wildman–Crippen MR) is 105 cm³/mol. The largest absolute Gasteiger partial charge is 0.492 e. The molecule has 0 aliphatic carbocycles. The van der Waals surface area contributed by atoms with Crippen molar-refractivity contribution in [1.82, 2.24) is 10.2 Å². The Balaban J connectivity index is 1.67. The molecule has 1 aliphatic heterocycles. The molecule has 1 saturated heterocycles. The number of benzene rings is 2. The Morgan fingerprint density at radius 1 is 1.18 bits per heavy atom. The van der Waals surface area contributed by atoms with Gasteiger partial charge in [-0.2, -0.15) is 0 Å². The molecule has 1 unspecified atom stereocenters. The quantitative estimate of drug-likeness (QED) is 0.544. The first-order chi connectivity index (χ1) is 13.4. The van der Waals surface area contributed by atoms with E-state index in [1.54, 1.807) is 37.3 Å². The van der Waals surface area contributed by atoms with E-state index in [4.69, 9.17) is 4.74 Å². The summed E-state index contributed by atoms with van der Waals surface area (Å²) in [7, 11) is 1.30. The highest BCUT2D eigenvalue weighted by atomic mass is 79.9. The third-order valence-electron chi connectivity index (χ3n) is 4.53. The lowest BCUT2D eigenvalue weighted by molar-refractivity contribution is -0.131. The summed E-state index contributed by atoms with van der Waals surface area (Å²) in [5.74, 6) is -0.372. The van der Waals surface area contributed by atoms with Crippen LogP contribution < -0.4 is 10.1 Å². The zero-order chi connectivity index (χ0) is 20.3. The van der Waals surface area contributed by atoms with Gasteiger partial charge in [-0.05, 0) is 31.2 Å². The Kier molecular flexibility index (Phi) is 5.69. The molecule has 0 saturated carbocycles. The smallest absolute Gasteiger partial charge is 0.337 e. The Labute approximate surface area is 170 Å². The maximum Gasteiger partial charge on any atom is 0.337 e. The van der Waals surface area contributed by atoms with E-state index in [0.29, 0.717) is 16.9 Å². The molecule has 1 N–H and O–H groups in total. The number of esters is 1. The molecule has 1 heterocycles. The first kappa shape index (κ1) is 19.9. The summed E-state index contributed by atoms with van der Waals surface area (Å²) in [5, 5.41) is 2.76. The standard InChI is InChI=1S/C20H19BrN2O5/c1-20(15-8-3-4-9-16(15)21)18(25)23(19(26)22-20)10-11-28-14-7-5-6-13(12-14)17(24)27-2/h3-9,12H,10-11H2,1-2H3,(H,22,26). The highest BCUT2D eigenvalue weighted by Gasteiger charge is 2.49. The summed E-state index contributed by atoms with van der Waals surface area (Å²) >= 11 is 3.43. The van der Waals surface area contributed by atoms with E-state index in [1.165, 1.54) is 7.11 Å². The number of hydrogen-bond acceptors (Lipinski definition) is 5. The average molecular weight is 447 g/mol. The summed E-state index contributed by atoms with van der Waals surface area (Å²) in [4.78, 5) is 38.0. The third kappa shape index (κ3) is 3.73. The molecule has 1 fully saturated rings. The van der Waals surface area contributed by atoms with Crippen LogP contribution in [0.25, 0.3) is 0 Å². The number of nitrogens with one attached hydrogen (secondary N) is 1. The minimum atomic E-state index is -1.15. The molecule has 3 rings (SSSR count). The normalized spacial score (nSPS) is 18.8. The number of carbonyl (C=O) groups excluding carboxylic acids is 3. The number of imide groups is 1. The number of nitrogens with zero attached hydrogens (tertiary/aromatic N) is 1. The molecule has 28 heavy (non-hydrogen) atoms. The molecule has 0 spiro atoms. The van der Waals surface area contributed by atoms with Gasteiger partial charge in [-0.3, -0.25) is 9.69 Å². The second-order valence-electron chi connectivity index (χ2n) is 6.36. The number of hydrogen-bond donors (Lipinski definition) is 1. The molecule has 2 aromatic carbocycles. The van der Waals surface area contributed by atoms with Gasteiger partial charge in [0.15, 0.2) is 0 Å². The van der Waals surface area contributed by atoms with Gasteiger partial charge in [0.25, 0.3) is 5.91 Å². The number of halogens is 1. The van der Waals surface area contributed by atoms with Crippen LogP contribution in [0.3, 0.4) is 0 Å². The lowest BCUT2D eigenvalue weighted by Gasteiger charge is -2.23. The van der Waals surface area contributed by atoms with Gasteiger partial charge in [-0.1, -0.05) is 40.2 Å². The van der Waals surface area contributed by atoms with Crippen molar-refractivity contribution in [2.75, 3.05) is 20.3 Å². The van der Waals surface area contributed by atoms with Crippen LogP contribution in [0.1, 0.15) is 22.8 Å². The van der Waals surface area contributed by atoms with E-state index >= 15 is 0 Å². The summed E-state index contributed by atoms with van der Waals surface area (Å²) < 4.78 is 11.0. The van der Waals surface area contributed by atoms with Crippen LogP contribution in [-0.2, 0) is 15.1 Å². The molecule has 7 nitrogen and oxygen atoms in total. The highest BCUT2D eigenvalue weighted by molar-refractivity contribution is 9.10. The first-order valence-electron chi connectivity index (χ1n) is 8.57. The van der Waals surface area contributed by atoms with Gasteiger partial charge in [-0.15, -0.1) is 0 Å². The number of ether oxygens (including phenoxy) is 2. The van der Waals surface area contributed by atoms with Crippen molar-refractivity contribution >= 4 is 33.8 Å². The number of methoxy groups -OCH3 is 1. The second kappa shape index (κ2) is 8.02. The van der Waals surface area contributed by atoms with Gasteiger partial charge in [0.05, 0.1) is 19.2 Å². The van der Waals surface area contributed by atoms with Crippen LogP contribution in [0.4, 0.5) is 4.79 Å². The van der Waals surface area contributed by atoms with Crippen molar-refractivity contribution in [3.8, 4) is 5.75 Å². The van der Waals surface area contributed by atoms with E-state index in [1.807, 2.05) is 18.2 Å². The minimum Gasteiger partial charge on any atom is -0.492 e. The lowest BCUT2D eigenvalue weighted by Crippen LogP contribution is -2.41. The number of rotatable bonds is 6. The molecular formula is C20H19BrN2O5. The molecule has 0 radical (unpaired) electrons. The molecule has 1 atom stereocenters. The van der Waals surface area contributed by atoms with Crippen molar-refractivity contribution < 1.29 is 23.9 Å². The Morgan fingerprint density at radius 2 is 1.93 bits per heavy atom. The fraction of sp³-hybridized carbons (Fsp3) is 0.250. The zero-order valence-electron chi connectivity index (χ0n) is 15.4. The molecule has 0 aromatic heterocycles. The van der Waals surface area contributed by atoms with Gasteiger partial charge in [0.2, 0.25) is 0 Å². The van der Waals surface area contributed by atoms with Gasteiger partial charge < -0.3 is 14.8 Å². The van der Waals surface area contributed by atoms with E-state index in [-0.39, 0.29) is 19.1 Å². The van der Waals surface area contributed by atoms with Crippen LogP contribution in [0.2, 0.25) is 0 Å². The van der Waals surface area contributed by atoms with Crippen LogP contribution in [0, 0.1) is 0 Å². The maximum absolute atomic E-state index is 12.9. The van der Waals surface area contributed by atoms with Crippen molar-refractivity contribution in [3.05, 3.63) is 64.1 Å². The van der Waals surface area contributed by atoms with Gasteiger partial charge in [0.1, 0.15) is 17.9 Å². The van der Waals surface area contributed by atoms with Gasteiger partial charge >= 0.3 is 12.0 Å². The summed E-state index contributed by atoms with van der Waals surface area (Å²) in [5.41, 5.74) is -0.110. The van der Waals surface area contributed by atoms with Gasteiger partial charge in [-0.25, -0.2) is 9.59 Å². The summed E-state index contributed by atoms with van der Waals surface area (Å²) in [6, 6.07) is 13.3. The highest BCUT2D eigenvalue weighted by Crippen LogP contribution is 2.33. The van der Waals surface area contributed by atoms with E-state index in [0.717, 1.165) is 9.37 Å².